The molecule has 5 rings (SSSR count). The molecule has 1 unspecified atom stereocenters. The first-order chi connectivity index (χ1) is 14.1. The van der Waals surface area contributed by atoms with Gasteiger partial charge in [-0.15, -0.1) is 0 Å². The van der Waals surface area contributed by atoms with Crippen LogP contribution in [-0.2, 0) is 4.74 Å². The maximum absolute atomic E-state index is 9.64. The van der Waals surface area contributed by atoms with Crippen molar-refractivity contribution in [2.75, 3.05) is 12.3 Å². The number of hydrogen-bond donors (Lipinski definition) is 1. The molecule has 0 radical (unpaired) electrons. The van der Waals surface area contributed by atoms with Crippen molar-refractivity contribution in [3.05, 3.63) is 35.5 Å². The van der Waals surface area contributed by atoms with Gasteiger partial charge in [0.15, 0.2) is 17.7 Å². The summed E-state index contributed by atoms with van der Waals surface area (Å²) in [5.74, 6) is 1.49. The fourth-order valence-corrected chi connectivity index (χ4v) is 4.05. The van der Waals surface area contributed by atoms with E-state index >= 15 is 0 Å². The van der Waals surface area contributed by atoms with Crippen LogP contribution in [-0.4, -0.2) is 35.9 Å². The van der Waals surface area contributed by atoms with Crippen molar-refractivity contribution in [3.8, 4) is 11.9 Å². The van der Waals surface area contributed by atoms with E-state index < -0.39 is 0 Å². The number of ether oxygens (including phenoxy) is 1. The molecule has 0 saturated carbocycles. The molecule has 0 bridgehead atoms. The summed E-state index contributed by atoms with van der Waals surface area (Å²) in [7, 11) is 0. The van der Waals surface area contributed by atoms with E-state index in [1.165, 1.54) is 0 Å². The molecule has 2 N–H and O–H groups in total. The average Bonchev–Trinajstić information content (AvgIpc) is 3.22. The highest BCUT2D eigenvalue weighted by Crippen LogP contribution is 2.34. The third-order valence-electron chi connectivity index (χ3n) is 5.39. The minimum Gasteiger partial charge on any atom is -0.384 e. The van der Waals surface area contributed by atoms with Gasteiger partial charge in [-0.2, -0.15) is 10.4 Å². The molecule has 0 aromatic carbocycles. The van der Waals surface area contributed by atoms with Crippen LogP contribution in [0.2, 0.25) is 0 Å². The van der Waals surface area contributed by atoms with Crippen LogP contribution < -0.4 is 5.73 Å². The molecule has 1 aliphatic heterocycles. The van der Waals surface area contributed by atoms with Crippen LogP contribution in [0.25, 0.3) is 27.8 Å². The van der Waals surface area contributed by atoms with Gasteiger partial charge in [-0.05, 0) is 39.2 Å². The summed E-state index contributed by atoms with van der Waals surface area (Å²) < 4.78 is 9.61. The van der Waals surface area contributed by atoms with Gasteiger partial charge in [-0.3, -0.25) is 4.57 Å². The zero-order valence-corrected chi connectivity index (χ0v) is 16.3. The number of fused-ring (bicyclic) bond motifs is 2. The first-order valence-electron chi connectivity index (χ1n) is 9.59. The number of nitriles is 1. The van der Waals surface area contributed by atoms with E-state index in [9.17, 15) is 5.26 Å². The predicted octanol–water partition coefficient (Wildman–Crippen LogP) is 2.94. The average molecular weight is 388 g/mol. The molecule has 4 aromatic heterocycles. The van der Waals surface area contributed by atoms with Crippen LogP contribution in [0.4, 0.5) is 5.82 Å². The Morgan fingerprint density at radius 1 is 1.28 bits per heavy atom. The second-order valence-electron chi connectivity index (χ2n) is 7.24. The molecule has 4 aromatic rings. The Kier molecular flexibility index (Phi) is 3.96. The standard InChI is InChI=1S/C20H20N8O/c1-11-17-15(28(26-11)16-5-3-4-8-29-16)6-7-23-20(17)27-18(22)13(9-21)14-10-24-12(2)25-19(14)27/h6-7,10,16H,3-5,8,22H2,1-2H3. The maximum atomic E-state index is 9.64. The molecule has 1 aliphatic rings. The van der Waals surface area contributed by atoms with E-state index in [0.29, 0.717) is 34.1 Å². The molecule has 0 spiro atoms. The number of rotatable bonds is 2. The van der Waals surface area contributed by atoms with Crippen LogP contribution in [0.1, 0.15) is 42.6 Å². The van der Waals surface area contributed by atoms with Crippen LogP contribution in [0, 0.1) is 25.2 Å². The smallest absolute Gasteiger partial charge is 0.152 e. The van der Waals surface area contributed by atoms with Gasteiger partial charge in [0.25, 0.3) is 0 Å². The van der Waals surface area contributed by atoms with Crippen molar-refractivity contribution >= 4 is 27.8 Å². The van der Waals surface area contributed by atoms with Gasteiger partial charge < -0.3 is 10.5 Å². The summed E-state index contributed by atoms with van der Waals surface area (Å²) in [6.07, 6.45) is 6.38. The number of nitrogen functional groups attached to an aromatic ring is 1. The van der Waals surface area contributed by atoms with Gasteiger partial charge in [-0.25, -0.2) is 19.6 Å². The Morgan fingerprint density at radius 2 is 2.14 bits per heavy atom. The summed E-state index contributed by atoms with van der Waals surface area (Å²) in [4.78, 5) is 13.4. The van der Waals surface area contributed by atoms with Crippen molar-refractivity contribution in [3.63, 3.8) is 0 Å². The summed E-state index contributed by atoms with van der Waals surface area (Å²) in [5, 5.41) is 15.9. The number of anilines is 1. The van der Waals surface area contributed by atoms with E-state index in [4.69, 9.17) is 15.6 Å². The molecule has 0 amide bonds. The van der Waals surface area contributed by atoms with Crippen molar-refractivity contribution in [1.82, 2.24) is 29.3 Å². The fraction of sp³-hybridized carbons (Fsp3) is 0.350. The number of nitrogens with two attached hydrogens (primary N) is 1. The Morgan fingerprint density at radius 3 is 2.90 bits per heavy atom. The summed E-state index contributed by atoms with van der Waals surface area (Å²) in [6, 6.07) is 4.11. The highest BCUT2D eigenvalue weighted by Gasteiger charge is 2.25. The van der Waals surface area contributed by atoms with Crippen molar-refractivity contribution in [2.45, 2.75) is 39.3 Å². The van der Waals surface area contributed by atoms with Crippen LogP contribution in [0.3, 0.4) is 0 Å². The molecule has 5 heterocycles. The zero-order chi connectivity index (χ0) is 20.1. The minimum atomic E-state index is -0.0896. The first kappa shape index (κ1) is 17.6. The van der Waals surface area contributed by atoms with E-state index in [2.05, 4.69) is 21.0 Å². The van der Waals surface area contributed by atoms with Crippen LogP contribution in [0.5, 0.6) is 0 Å². The Labute approximate surface area is 166 Å². The SMILES string of the molecule is Cc1ncc2c(C#N)c(N)n(-c3nccc4c3c(C)nn4C3CCCCO3)c2n1. The maximum Gasteiger partial charge on any atom is 0.152 e. The molecule has 1 fully saturated rings. The molecule has 9 nitrogen and oxygen atoms in total. The van der Waals surface area contributed by atoms with Gasteiger partial charge in [0, 0.05) is 19.0 Å². The number of nitrogens with zero attached hydrogens (tertiary/aromatic N) is 7. The normalized spacial score (nSPS) is 17.1. The van der Waals surface area contributed by atoms with Gasteiger partial charge >= 0.3 is 0 Å². The summed E-state index contributed by atoms with van der Waals surface area (Å²) in [5.41, 5.74) is 9.03. The second kappa shape index (κ2) is 6.53. The van der Waals surface area contributed by atoms with Gasteiger partial charge in [0.05, 0.1) is 22.0 Å². The number of pyridine rings is 1. The quantitative estimate of drug-likeness (QED) is 0.560. The molecule has 0 aliphatic carbocycles. The highest BCUT2D eigenvalue weighted by atomic mass is 16.5. The van der Waals surface area contributed by atoms with Gasteiger partial charge in [0.2, 0.25) is 0 Å². The lowest BCUT2D eigenvalue weighted by molar-refractivity contribution is -0.0368. The third kappa shape index (κ3) is 2.57. The highest BCUT2D eigenvalue weighted by molar-refractivity contribution is 5.95. The van der Waals surface area contributed by atoms with Gasteiger partial charge in [0.1, 0.15) is 23.3 Å². The van der Waals surface area contributed by atoms with Crippen molar-refractivity contribution in [2.24, 2.45) is 0 Å². The molecule has 1 atom stereocenters. The van der Waals surface area contributed by atoms with Crippen molar-refractivity contribution in [1.29, 1.82) is 5.26 Å². The van der Waals surface area contributed by atoms with E-state index in [0.717, 1.165) is 42.5 Å². The molecule has 9 heteroatoms. The minimum absolute atomic E-state index is 0.0896. The third-order valence-corrected chi connectivity index (χ3v) is 5.39. The molecule has 29 heavy (non-hydrogen) atoms. The predicted molar refractivity (Wildman–Crippen MR) is 107 cm³/mol. The van der Waals surface area contributed by atoms with Gasteiger partial charge in [-0.1, -0.05) is 0 Å². The molecule has 1 saturated heterocycles. The molecular formula is C20H20N8O. The largest absolute Gasteiger partial charge is 0.384 e. The topological polar surface area (TPSA) is 120 Å². The Hall–Kier alpha value is -3.51. The van der Waals surface area contributed by atoms with Crippen LogP contribution in [0.15, 0.2) is 18.5 Å². The summed E-state index contributed by atoms with van der Waals surface area (Å²) >= 11 is 0. The zero-order valence-electron chi connectivity index (χ0n) is 16.3. The fourth-order valence-electron chi connectivity index (χ4n) is 4.05. The second-order valence-corrected chi connectivity index (χ2v) is 7.24. The Bertz CT molecular complexity index is 1290. The Balaban J connectivity index is 1.81. The number of hydrogen-bond acceptors (Lipinski definition) is 7. The monoisotopic (exact) mass is 388 g/mol. The van der Waals surface area contributed by atoms with E-state index in [1.54, 1.807) is 23.9 Å². The van der Waals surface area contributed by atoms with Crippen molar-refractivity contribution < 1.29 is 4.74 Å². The number of aromatic nitrogens is 6. The lowest BCUT2D eigenvalue weighted by Crippen LogP contribution is -2.19. The van der Waals surface area contributed by atoms with E-state index in [1.807, 2.05) is 17.7 Å². The first-order valence-corrected chi connectivity index (χ1v) is 9.59. The van der Waals surface area contributed by atoms with E-state index in [-0.39, 0.29) is 6.23 Å². The number of aryl methyl sites for hydroxylation is 2. The van der Waals surface area contributed by atoms with Crippen LogP contribution >= 0.6 is 0 Å². The summed E-state index contributed by atoms with van der Waals surface area (Å²) in [6.45, 7) is 4.48. The lowest BCUT2D eigenvalue weighted by atomic mass is 10.2. The molecular weight excluding hydrogens is 368 g/mol. The lowest BCUT2D eigenvalue weighted by Gasteiger charge is -2.23. The molecule has 146 valence electrons.